The quantitative estimate of drug-likeness (QED) is 0.854. The van der Waals surface area contributed by atoms with Gasteiger partial charge >= 0.3 is 0 Å². The molecular weight excluding hydrogens is 262 g/mol. The summed E-state index contributed by atoms with van der Waals surface area (Å²) in [5, 5.41) is 12.7. The van der Waals surface area contributed by atoms with E-state index in [1.54, 1.807) is 0 Å². The molecule has 2 aromatic rings. The minimum Gasteiger partial charge on any atom is -0.391 e. The fourth-order valence-electron chi connectivity index (χ4n) is 2.26. The molecule has 2 aromatic carbocycles. The van der Waals surface area contributed by atoms with Crippen LogP contribution >= 0.6 is 0 Å². The average Bonchev–Trinajstić information content (AvgIpc) is 2.46. The van der Waals surface area contributed by atoms with Crippen molar-refractivity contribution in [3.05, 3.63) is 71.3 Å². The molecule has 2 N–H and O–H groups in total. The molecule has 2 rings (SSSR count). The molecule has 0 unspecified atom stereocenters. The van der Waals surface area contributed by atoms with Crippen LogP contribution in [0.5, 0.6) is 0 Å². The Morgan fingerprint density at radius 3 is 2.52 bits per heavy atom. The highest BCUT2D eigenvalue weighted by atomic mass is 16.3. The summed E-state index contributed by atoms with van der Waals surface area (Å²) in [7, 11) is 0. The van der Waals surface area contributed by atoms with Gasteiger partial charge in [0, 0.05) is 13.0 Å². The van der Waals surface area contributed by atoms with Gasteiger partial charge in [-0.3, -0.25) is 4.79 Å². The Hall–Kier alpha value is -2.13. The zero-order valence-electron chi connectivity index (χ0n) is 12.3. The lowest BCUT2D eigenvalue weighted by Crippen LogP contribution is -2.34. The van der Waals surface area contributed by atoms with Crippen molar-refractivity contribution in [1.82, 2.24) is 5.32 Å². The van der Waals surface area contributed by atoms with Crippen molar-refractivity contribution in [3.8, 4) is 0 Å². The monoisotopic (exact) mass is 283 g/mol. The van der Waals surface area contributed by atoms with Crippen LogP contribution in [0, 0.1) is 6.92 Å². The van der Waals surface area contributed by atoms with Crippen LogP contribution < -0.4 is 5.32 Å². The second kappa shape index (κ2) is 7.60. The van der Waals surface area contributed by atoms with Gasteiger partial charge in [-0.2, -0.15) is 0 Å². The van der Waals surface area contributed by atoms with Crippen LogP contribution in [0.1, 0.15) is 16.7 Å². The molecule has 3 nitrogen and oxygen atoms in total. The molecule has 0 aliphatic heterocycles. The molecule has 3 heteroatoms. The minimum absolute atomic E-state index is 0.0623. The van der Waals surface area contributed by atoms with E-state index in [2.05, 4.69) is 5.32 Å². The molecule has 1 atom stereocenters. The molecule has 0 aliphatic rings. The van der Waals surface area contributed by atoms with E-state index in [-0.39, 0.29) is 12.5 Å². The van der Waals surface area contributed by atoms with E-state index < -0.39 is 6.10 Å². The largest absolute Gasteiger partial charge is 0.391 e. The van der Waals surface area contributed by atoms with Crippen molar-refractivity contribution in [2.24, 2.45) is 0 Å². The van der Waals surface area contributed by atoms with Crippen LogP contribution in [0.2, 0.25) is 0 Å². The smallest absolute Gasteiger partial charge is 0.224 e. The van der Waals surface area contributed by atoms with E-state index in [0.717, 1.165) is 16.7 Å². The van der Waals surface area contributed by atoms with E-state index in [0.29, 0.717) is 12.8 Å². The van der Waals surface area contributed by atoms with E-state index in [9.17, 15) is 9.90 Å². The lowest BCUT2D eigenvalue weighted by molar-refractivity contribution is -0.120. The number of carbonyl (C=O) groups is 1. The second-order valence-electron chi connectivity index (χ2n) is 5.31. The number of rotatable bonds is 6. The summed E-state index contributed by atoms with van der Waals surface area (Å²) in [6, 6.07) is 17.7. The predicted octanol–water partition coefficient (Wildman–Crippen LogP) is 2.26. The van der Waals surface area contributed by atoms with E-state index in [1.807, 2.05) is 61.5 Å². The Labute approximate surface area is 125 Å². The molecule has 1 amide bonds. The van der Waals surface area contributed by atoms with Crippen molar-refractivity contribution < 1.29 is 9.90 Å². The molecule has 110 valence electrons. The van der Waals surface area contributed by atoms with Crippen molar-refractivity contribution in [1.29, 1.82) is 0 Å². The van der Waals surface area contributed by atoms with Gasteiger partial charge in [0.2, 0.25) is 5.91 Å². The number of hydrogen-bond acceptors (Lipinski definition) is 2. The number of aliphatic hydroxyl groups is 1. The molecule has 0 bridgehead atoms. The third kappa shape index (κ3) is 5.40. The van der Waals surface area contributed by atoms with Gasteiger partial charge in [0.1, 0.15) is 0 Å². The molecule has 0 saturated heterocycles. The molecule has 0 fully saturated rings. The SMILES string of the molecule is Cc1cccc(CC(=O)NC[C@@H](O)Cc2ccccc2)c1. The van der Waals surface area contributed by atoms with Crippen molar-refractivity contribution in [2.45, 2.75) is 25.9 Å². The van der Waals surface area contributed by atoms with Gasteiger partial charge in [-0.15, -0.1) is 0 Å². The average molecular weight is 283 g/mol. The van der Waals surface area contributed by atoms with E-state index in [1.165, 1.54) is 0 Å². The van der Waals surface area contributed by atoms with Crippen LogP contribution in [0.15, 0.2) is 54.6 Å². The standard InChI is InChI=1S/C18H21NO2/c1-14-6-5-9-16(10-14)12-18(21)19-13-17(20)11-15-7-3-2-4-8-15/h2-10,17,20H,11-13H2,1H3,(H,19,21)/t17-/m0/s1. The molecule has 0 radical (unpaired) electrons. The summed E-state index contributed by atoms with van der Waals surface area (Å²) >= 11 is 0. The summed E-state index contributed by atoms with van der Waals surface area (Å²) in [4.78, 5) is 11.9. The van der Waals surface area contributed by atoms with Crippen LogP contribution in [-0.2, 0) is 17.6 Å². The van der Waals surface area contributed by atoms with Crippen LogP contribution in [0.25, 0.3) is 0 Å². The first-order chi connectivity index (χ1) is 10.1. The third-order valence-corrected chi connectivity index (χ3v) is 3.30. The zero-order chi connectivity index (χ0) is 15.1. The van der Waals surface area contributed by atoms with Crippen LogP contribution in [-0.4, -0.2) is 23.7 Å². The van der Waals surface area contributed by atoms with Gasteiger partial charge in [0.25, 0.3) is 0 Å². The highest BCUT2D eigenvalue weighted by Gasteiger charge is 2.08. The summed E-state index contributed by atoms with van der Waals surface area (Å²) in [5.74, 6) is -0.0623. The number of benzene rings is 2. The topological polar surface area (TPSA) is 49.3 Å². The molecule has 0 aliphatic carbocycles. The summed E-state index contributed by atoms with van der Waals surface area (Å²) < 4.78 is 0. The van der Waals surface area contributed by atoms with Crippen molar-refractivity contribution in [3.63, 3.8) is 0 Å². The predicted molar refractivity (Wildman–Crippen MR) is 84.0 cm³/mol. The first-order valence-corrected chi connectivity index (χ1v) is 7.18. The van der Waals surface area contributed by atoms with Crippen molar-refractivity contribution >= 4 is 5.91 Å². The summed E-state index contributed by atoms with van der Waals surface area (Å²) in [6.45, 7) is 2.28. The van der Waals surface area contributed by atoms with Gasteiger partial charge in [-0.25, -0.2) is 0 Å². The maximum atomic E-state index is 11.9. The van der Waals surface area contributed by atoms with Gasteiger partial charge < -0.3 is 10.4 Å². The fourth-order valence-corrected chi connectivity index (χ4v) is 2.26. The number of carbonyl (C=O) groups excluding carboxylic acids is 1. The number of aliphatic hydroxyl groups excluding tert-OH is 1. The van der Waals surface area contributed by atoms with Crippen molar-refractivity contribution in [2.75, 3.05) is 6.54 Å². The number of nitrogens with one attached hydrogen (secondary N) is 1. The van der Waals surface area contributed by atoms with Gasteiger partial charge in [0.05, 0.1) is 12.5 Å². The zero-order valence-corrected chi connectivity index (χ0v) is 12.3. The molecule has 0 saturated carbocycles. The Balaban J connectivity index is 1.76. The number of aryl methyl sites for hydroxylation is 1. The normalized spacial score (nSPS) is 11.9. The van der Waals surface area contributed by atoms with Gasteiger partial charge in [0.15, 0.2) is 0 Å². The Kier molecular flexibility index (Phi) is 5.52. The first kappa shape index (κ1) is 15.3. The van der Waals surface area contributed by atoms with E-state index in [4.69, 9.17) is 0 Å². The molecular formula is C18H21NO2. The second-order valence-corrected chi connectivity index (χ2v) is 5.31. The van der Waals surface area contributed by atoms with Crippen LogP contribution in [0.3, 0.4) is 0 Å². The molecule has 21 heavy (non-hydrogen) atoms. The third-order valence-electron chi connectivity index (χ3n) is 3.30. The van der Waals surface area contributed by atoms with Crippen LogP contribution in [0.4, 0.5) is 0 Å². The fraction of sp³-hybridized carbons (Fsp3) is 0.278. The Morgan fingerprint density at radius 2 is 1.81 bits per heavy atom. The lowest BCUT2D eigenvalue weighted by atomic mass is 10.1. The number of amides is 1. The molecule has 0 heterocycles. The van der Waals surface area contributed by atoms with E-state index >= 15 is 0 Å². The maximum absolute atomic E-state index is 11.9. The molecule has 0 spiro atoms. The first-order valence-electron chi connectivity index (χ1n) is 7.18. The Morgan fingerprint density at radius 1 is 1.10 bits per heavy atom. The Bertz CT molecular complexity index is 581. The highest BCUT2D eigenvalue weighted by Crippen LogP contribution is 2.05. The minimum atomic E-state index is -0.561. The number of hydrogen-bond donors (Lipinski definition) is 2. The highest BCUT2D eigenvalue weighted by molar-refractivity contribution is 5.78. The summed E-state index contributed by atoms with van der Waals surface area (Å²) in [6.07, 6.45) is 0.333. The summed E-state index contributed by atoms with van der Waals surface area (Å²) in [5.41, 5.74) is 3.20. The lowest BCUT2D eigenvalue weighted by Gasteiger charge is -2.12. The molecule has 0 aromatic heterocycles. The van der Waals surface area contributed by atoms with Gasteiger partial charge in [-0.05, 0) is 18.1 Å². The van der Waals surface area contributed by atoms with Gasteiger partial charge in [-0.1, -0.05) is 60.2 Å². The maximum Gasteiger partial charge on any atom is 0.224 e.